The highest BCUT2D eigenvalue weighted by Gasteiger charge is 2.18. The van der Waals surface area contributed by atoms with E-state index >= 15 is 0 Å². The van der Waals surface area contributed by atoms with Crippen molar-refractivity contribution in [2.75, 3.05) is 5.32 Å². The molecule has 0 aromatic carbocycles. The summed E-state index contributed by atoms with van der Waals surface area (Å²) in [6.45, 7) is 1.83. The maximum Gasteiger partial charge on any atom is 0.263 e. The molecule has 0 unspecified atom stereocenters. The molecule has 0 radical (unpaired) electrons. The molecule has 28 heavy (non-hydrogen) atoms. The number of carbonyl (C=O) groups is 1. The number of aryl methyl sites for hydroxylation is 2. The molecule has 3 aromatic heterocycles. The Morgan fingerprint density at radius 3 is 2.89 bits per heavy atom. The van der Waals surface area contributed by atoms with Crippen molar-refractivity contribution in [3.05, 3.63) is 28.3 Å². The average molecular weight is 383 g/mol. The van der Waals surface area contributed by atoms with E-state index in [4.69, 9.17) is 0 Å². The molecule has 148 valence electrons. The van der Waals surface area contributed by atoms with E-state index in [1.165, 1.54) is 47.7 Å². The van der Waals surface area contributed by atoms with E-state index in [1.807, 2.05) is 6.92 Å². The second kappa shape index (κ2) is 7.57. The van der Waals surface area contributed by atoms with Crippen LogP contribution in [0.4, 0.5) is 5.82 Å². The van der Waals surface area contributed by atoms with Gasteiger partial charge in [0.1, 0.15) is 11.2 Å². The van der Waals surface area contributed by atoms with E-state index in [9.17, 15) is 9.59 Å². The summed E-state index contributed by atoms with van der Waals surface area (Å²) in [5, 5.41) is 11.8. The molecule has 3 aromatic rings. The zero-order chi connectivity index (χ0) is 19.7. The van der Waals surface area contributed by atoms with Crippen molar-refractivity contribution < 1.29 is 4.79 Å². The number of carbonyl (C=O) groups excluding carboxylic acids is 1. The maximum absolute atomic E-state index is 12.5. The molecule has 0 bridgehead atoms. The lowest BCUT2D eigenvalue weighted by Crippen LogP contribution is -2.19. The van der Waals surface area contributed by atoms with Crippen molar-refractivity contribution in [2.24, 2.45) is 13.0 Å². The summed E-state index contributed by atoms with van der Waals surface area (Å²) in [5.74, 6) is 1.35. The fourth-order valence-corrected chi connectivity index (χ4v) is 3.89. The number of nitrogens with one attached hydrogen (secondary N) is 2. The van der Waals surface area contributed by atoms with Gasteiger partial charge in [0.2, 0.25) is 11.9 Å². The molecule has 1 saturated carbocycles. The van der Waals surface area contributed by atoms with Crippen LogP contribution < -0.4 is 10.9 Å². The van der Waals surface area contributed by atoms with E-state index in [2.05, 4.69) is 25.5 Å². The summed E-state index contributed by atoms with van der Waals surface area (Å²) in [4.78, 5) is 32.0. The third-order valence-corrected chi connectivity index (χ3v) is 5.39. The highest BCUT2D eigenvalue weighted by molar-refractivity contribution is 5.90. The number of H-pyrrole nitrogens is 1. The van der Waals surface area contributed by atoms with E-state index < -0.39 is 0 Å². The molecule has 1 aliphatic rings. The first kappa shape index (κ1) is 18.4. The Morgan fingerprint density at radius 1 is 1.32 bits per heavy atom. The molecule has 2 N–H and O–H groups in total. The molecule has 9 nitrogen and oxygen atoms in total. The van der Waals surface area contributed by atoms with Crippen LogP contribution in [0.5, 0.6) is 0 Å². The highest BCUT2D eigenvalue weighted by atomic mass is 16.1. The van der Waals surface area contributed by atoms with Gasteiger partial charge in [-0.15, -0.1) is 0 Å². The Morgan fingerprint density at radius 2 is 2.11 bits per heavy atom. The molecule has 0 saturated heterocycles. The Labute approximate surface area is 162 Å². The lowest BCUT2D eigenvalue weighted by Gasteiger charge is -2.21. The summed E-state index contributed by atoms with van der Waals surface area (Å²) in [5.41, 5.74) is 0.882. The Hall–Kier alpha value is -2.97. The van der Waals surface area contributed by atoms with Crippen LogP contribution in [0, 0.1) is 12.8 Å². The minimum atomic E-state index is -0.296. The van der Waals surface area contributed by atoms with Gasteiger partial charge in [-0.1, -0.05) is 32.1 Å². The molecule has 1 fully saturated rings. The van der Waals surface area contributed by atoms with Crippen LogP contribution in [0.2, 0.25) is 0 Å². The van der Waals surface area contributed by atoms with Gasteiger partial charge in [0.25, 0.3) is 5.56 Å². The molecule has 0 atom stereocenters. The lowest BCUT2D eigenvalue weighted by atomic mass is 9.86. The minimum absolute atomic E-state index is 0.0457. The van der Waals surface area contributed by atoms with E-state index in [0.29, 0.717) is 29.2 Å². The van der Waals surface area contributed by atoms with Crippen LogP contribution >= 0.6 is 0 Å². The fourth-order valence-electron chi connectivity index (χ4n) is 3.89. The van der Waals surface area contributed by atoms with Crippen LogP contribution in [0.3, 0.4) is 0 Å². The van der Waals surface area contributed by atoms with Crippen molar-refractivity contribution in [3.63, 3.8) is 0 Å². The number of rotatable bonds is 5. The zero-order valence-corrected chi connectivity index (χ0v) is 16.2. The zero-order valence-electron chi connectivity index (χ0n) is 16.2. The minimum Gasteiger partial charge on any atom is -0.310 e. The quantitative estimate of drug-likeness (QED) is 0.703. The Balaban J connectivity index is 1.54. The van der Waals surface area contributed by atoms with Gasteiger partial charge < -0.3 is 5.32 Å². The highest BCUT2D eigenvalue weighted by Crippen LogP contribution is 2.27. The molecule has 0 aliphatic heterocycles. The molecular formula is C19H25N7O2. The predicted octanol–water partition coefficient (Wildman–Crippen LogP) is 2.45. The molecule has 1 aliphatic carbocycles. The number of aromatic nitrogens is 6. The largest absolute Gasteiger partial charge is 0.310 e. The number of amides is 1. The first-order valence-corrected chi connectivity index (χ1v) is 9.80. The fraction of sp³-hybridized carbons (Fsp3) is 0.526. The molecular weight excluding hydrogens is 358 g/mol. The van der Waals surface area contributed by atoms with E-state index in [0.717, 1.165) is 12.1 Å². The second-order valence-corrected chi connectivity index (χ2v) is 7.57. The topological polar surface area (TPSA) is 110 Å². The van der Waals surface area contributed by atoms with Crippen LogP contribution in [-0.2, 0) is 11.8 Å². The van der Waals surface area contributed by atoms with Crippen molar-refractivity contribution in [1.82, 2.24) is 29.5 Å². The Bertz CT molecular complexity index is 1060. The summed E-state index contributed by atoms with van der Waals surface area (Å²) in [7, 11) is 1.72. The predicted molar refractivity (Wildman–Crippen MR) is 105 cm³/mol. The molecule has 9 heteroatoms. The number of aromatic amines is 1. The van der Waals surface area contributed by atoms with Gasteiger partial charge in [-0.05, 0) is 19.3 Å². The molecule has 1 amide bonds. The second-order valence-electron chi connectivity index (χ2n) is 7.57. The first-order valence-electron chi connectivity index (χ1n) is 9.80. The number of nitrogens with zero attached hydrogens (tertiary/aromatic N) is 5. The summed E-state index contributed by atoms with van der Waals surface area (Å²) in [6, 6.07) is 1.77. The summed E-state index contributed by atoms with van der Waals surface area (Å²) < 4.78 is 2.99. The van der Waals surface area contributed by atoms with Crippen molar-refractivity contribution in [2.45, 2.75) is 51.9 Å². The molecule has 3 heterocycles. The maximum atomic E-state index is 12.5. The average Bonchev–Trinajstić information content (AvgIpc) is 3.24. The normalized spacial score (nSPS) is 15.2. The van der Waals surface area contributed by atoms with Crippen molar-refractivity contribution in [1.29, 1.82) is 0 Å². The SMILES string of the molecule is Cc1cc(NC(=O)CCC2CCCCC2)n(-c2nc3c(cnn3C)c(=O)[nH]2)n1. The lowest BCUT2D eigenvalue weighted by molar-refractivity contribution is -0.116. The van der Waals surface area contributed by atoms with E-state index in [1.54, 1.807) is 13.1 Å². The summed E-state index contributed by atoms with van der Waals surface area (Å²) >= 11 is 0. The molecule has 4 rings (SSSR count). The van der Waals surface area contributed by atoms with Crippen LogP contribution in [-0.4, -0.2) is 35.4 Å². The van der Waals surface area contributed by atoms with Gasteiger partial charge in [0, 0.05) is 19.5 Å². The van der Waals surface area contributed by atoms with Gasteiger partial charge >= 0.3 is 0 Å². The number of hydrogen-bond acceptors (Lipinski definition) is 5. The van der Waals surface area contributed by atoms with Crippen molar-refractivity contribution in [3.8, 4) is 5.95 Å². The van der Waals surface area contributed by atoms with Crippen LogP contribution in [0.1, 0.15) is 50.6 Å². The van der Waals surface area contributed by atoms with Gasteiger partial charge in [-0.3, -0.25) is 19.3 Å². The van der Waals surface area contributed by atoms with Gasteiger partial charge in [0.05, 0.1) is 11.9 Å². The number of fused-ring (bicyclic) bond motifs is 1. The smallest absolute Gasteiger partial charge is 0.263 e. The standard InChI is InChI=1S/C19H25N7O2/c1-12-10-15(21-16(27)9-8-13-6-4-3-5-7-13)26(24-12)19-22-17-14(18(28)23-19)11-20-25(17)2/h10-11,13H,3-9H2,1-2H3,(H,21,27)(H,22,23,28). The van der Waals surface area contributed by atoms with E-state index in [-0.39, 0.29) is 17.4 Å². The summed E-state index contributed by atoms with van der Waals surface area (Å²) in [6.07, 6.45) is 9.18. The third-order valence-electron chi connectivity index (χ3n) is 5.39. The first-order chi connectivity index (χ1) is 13.5. The monoisotopic (exact) mass is 383 g/mol. The van der Waals surface area contributed by atoms with Gasteiger partial charge in [-0.2, -0.15) is 19.9 Å². The van der Waals surface area contributed by atoms with Crippen LogP contribution in [0.15, 0.2) is 17.1 Å². The Kier molecular flexibility index (Phi) is 4.97. The molecule has 0 spiro atoms. The third kappa shape index (κ3) is 3.69. The number of hydrogen-bond donors (Lipinski definition) is 2. The van der Waals surface area contributed by atoms with Crippen LogP contribution in [0.25, 0.3) is 17.0 Å². The van der Waals surface area contributed by atoms with Crippen molar-refractivity contribution >= 4 is 22.8 Å². The number of anilines is 1. The van der Waals surface area contributed by atoms with Gasteiger partial charge in [0.15, 0.2) is 5.65 Å². The van der Waals surface area contributed by atoms with Gasteiger partial charge in [-0.25, -0.2) is 0 Å².